The molecule has 28 heavy (non-hydrogen) atoms. The molecule has 4 rings (SSSR count). The molecule has 2 aromatic rings. The zero-order valence-electron chi connectivity index (χ0n) is 17.0. The minimum absolute atomic E-state index is 0.156. The third-order valence-electron chi connectivity index (χ3n) is 5.91. The van der Waals surface area contributed by atoms with E-state index < -0.39 is 0 Å². The first-order valence-electron chi connectivity index (χ1n) is 10.1. The van der Waals surface area contributed by atoms with Gasteiger partial charge in [-0.15, -0.1) is 11.3 Å². The summed E-state index contributed by atoms with van der Waals surface area (Å²) in [6.07, 6.45) is 5.86. The molecule has 0 bridgehead atoms. The number of methoxy groups -OCH3 is 2. The Balaban J connectivity index is 1.52. The van der Waals surface area contributed by atoms with E-state index in [2.05, 4.69) is 12.1 Å². The molecule has 0 spiro atoms. The van der Waals surface area contributed by atoms with Crippen LogP contribution in [0.25, 0.3) is 0 Å². The largest absolute Gasteiger partial charge is 0.493 e. The van der Waals surface area contributed by atoms with Gasteiger partial charge >= 0.3 is 0 Å². The number of hydrogen-bond donors (Lipinski definition) is 1. The van der Waals surface area contributed by atoms with Crippen LogP contribution in [-0.4, -0.2) is 33.3 Å². The molecular formula is C22H29N2O3S+. The average molecular weight is 402 g/mol. The van der Waals surface area contributed by atoms with E-state index in [1.807, 2.05) is 22.3 Å². The van der Waals surface area contributed by atoms with Gasteiger partial charge in [0, 0.05) is 23.8 Å². The van der Waals surface area contributed by atoms with E-state index in [0.717, 1.165) is 37.7 Å². The summed E-state index contributed by atoms with van der Waals surface area (Å²) in [5.74, 6) is 1.69. The summed E-state index contributed by atoms with van der Waals surface area (Å²) < 4.78 is 10.8. The zero-order chi connectivity index (χ0) is 19.7. The van der Waals surface area contributed by atoms with Crippen LogP contribution in [-0.2, 0) is 30.6 Å². The number of benzene rings is 1. The molecule has 6 heteroatoms. The second-order valence-electron chi connectivity index (χ2n) is 7.72. The smallest absolute Gasteiger partial charge is 0.228 e. The van der Waals surface area contributed by atoms with Gasteiger partial charge < -0.3 is 14.4 Å². The topological polar surface area (TPSA) is 43.2 Å². The molecular weight excluding hydrogens is 372 g/mol. The predicted octanol–water partition coefficient (Wildman–Crippen LogP) is 2.60. The fraction of sp³-hybridized carbons (Fsp3) is 0.500. The van der Waals surface area contributed by atoms with Crippen molar-refractivity contribution in [3.05, 3.63) is 39.8 Å². The van der Waals surface area contributed by atoms with Crippen LogP contribution in [0.1, 0.15) is 41.3 Å². The lowest BCUT2D eigenvalue weighted by atomic mass is 9.94. The number of amides is 1. The quantitative estimate of drug-likeness (QED) is 0.838. The normalized spacial score (nSPS) is 18.4. The number of fused-ring (bicyclic) bond motifs is 3. The molecule has 1 atom stereocenters. The molecule has 1 aliphatic carbocycles. The standard InChI is InChI=1S/C22H28N2O3S/c1-15(25)24-14-23(11-10-16-8-9-19(26-2)20(12-16)27-3)13-18-17-6-4-5-7-21(17)28-22(18)24/h8-9,12H,4-7,10-11,13-14H2,1-3H3/p+1. The van der Waals surface area contributed by atoms with E-state index in [1.54, 1.807) is 26.7 Å². The minimum atomic E-state index is 0.156. The predicted molar refractivity (Wildman–Crippen MR) is 112 cm³/mol. The summed E-state index contributed by atoms with van der Waals surface area (Å²) in [7, 11) is 3.33. The van der Waals surface area contributed by atoms with E-state index >= 15 is 0 Å². The molecule has 1 N–H and O–H groups in total. The first-order valence-corrected chi connectivity index (χ1v) is 10.9. The fourth-order valence-corrected chi connectivity index (χ4v) is 5.85. The van der Waals surface area contributed by atoms with Crippen LogP contribution < -0.4 is 19.3 Å². The molecule has 150 valence electrons. The van der Waals surface area contributed by atoms with Crippen molar-refractivity contribution in [2.75, 3.05) is 32.3 Å². The van der Waals surface area contributed by atoms with Crippen molar-refractivity contribution in [3.63, 3.8) is 0 Å². The van der Waals surface area contributed by atoms with E-state index in [4.69, 9.17) is 9.47 Å². The summed E-state index contributed by atoms with van der Waals surface area (Å²) in [5, 5.41) is 1.22. The van der Waals surface area contributed by atoms with Gasteiger partial charge in [0.25, 0.3) is 0 Å². The van der Waals surface area contributed by atoms with Crippen molar-refractivity contribution < 1.29 is 19.2 Å². The van der Waals surface area contributed by atoms with Crippen molar-refractivity contribution >= 4 is 22.2 Å². The van der Waals surface area contributed by atoms with Gasteiger partial charge in [-0.25, -0.2) is 0 Å². The highest BCUT2D eigenvalue weighted by molar-refractivity contribution is 7.16. The first-order chi connectivity index (χ1) is 13.6. The Morgan fingerprint density at radius 3 is 2.68 bits per heavy atom. The summed E-state index contributed by atoms with van der Waals surface area (Å²) in [4.78, 5) is 17.3. The summed E-state index contributed by atoms with van der Waals surface area (Å²) in [5.41, 5.74) is 4.21. The molecule has 1 unspecified atom stereocenters. The molecule has 0 saturated heterocycles. The highest BCUT2D eigenvalue weighted by Crippen LogP contribution is 2.40. The second kappa shape index (κ2) is 8.13. The molecule has 1 aliphatic heterocycles. The van der Waals surface area contributed by atoms with E-state index in [1.165, 1.54) is 51.6 Å². The van der Waals surface area contributed by atoms with Crippen LogP contribution in [0.5, 0.6) is 11.5 Å². The van der Waals surface area contributed by atoms with Gasteiger partial charge in [-0.1, -0.05) is 6.07 Å². The lowest BCUT2D eigenvalue weighted by Crippen LogP contribution is -3.13. The zero-order valence-corrected chi connectivity index (χ0v) is 17.8. The van der Waals surface area contributed by atoms with Crippen molar-refractivity contribution in [1.82, 2.24) is 0 Å². The lowest BCUT2D eigenvalue weighted by molar-refractivity contribution is -0.914. The average Bonchev–Trinajstić information content (AvgIpc) is 3.09. The molecule has 2 aliphatic rings. The minimum Gasteiger partial charge on any atom is -0.493 e. The maximum atomic E-state index is 12.3. The van der Waals surface area contributed by atoms with Gasteiger partial charge in [-0.3, -0.25) is 9.69 Å². The Bertz CT molecular complexity index is 877. The third-order valence-corrected chi connectivity index (χ3v) is 7.27. The summed E-state index contributed by atoms with van der Waals surface area (Å²) >= 11 is 1.86. The Labute approximate surface area is 170 Å². The number of nitrogens with one attached hydrogen (secondary N) is 1. The number of nitrogens with zero attached hydrogens (tertiary/aromatic N) is 1. The third kappa shape index (κ3) is 3.63. The Morgan fingerprint density at radius 2 is 1.93 bits per heavy atom. The number of ether oxygens (including phenoxy) is 2. The van der Waals surface area contributed by atoms with E-state index in [9.17, 15) is 4.79 Å². The van der Waals surface area contributed by atoms with Crippen molar-refractivity contribution in [3.8, 4) is 11.5 Å². The van der Waals surface area contributed by atoms with Crippen molar-refractivity contribution in [2.45, 2.75) is 45.6 Å². The summed E-state index contributed by atoms with van der Waals surface area (Å²) in [6, 6.07) is 6.13. The van der Waals surface area contributed by atoms with Crippen LogP contribution in [0, 0.1) is 0 Å². The van der Waals surface area contributed by atoms with E-state index in [-0.39, 0.29) is 5.91 Å². The Hall–Kier alpha value is -2.05. The first kappa shape index (κ1) is 19.3. The van der Waals surface area contributed by atoms with Crippen LogP contribution in [0.3, 0.4) is 0 Å². The molecule has 0 fully saturated rings. The highest BCUT2D eigenvalue weighted by Gasteiger charge is 2.34. The number of thiophene rings is 1. The Kier molecular flexibility index (Phi) is 5.60. The van der Waals surface area contributed by atoms with Gasteiger partial charge in [-0.2, -0.15) is 0 Å². The monoisotopic (exact) mass is 401 g/mol. The van der Waals surface area contributed by atoms with Crippen LogP contribution in [0.15, 0.2) is 18.2 Å². The van der Waals surface area contributed by atoms with Crippen LogP contribution in [0.4, 0.5) is 5.00 Å². The maximum absolute atomic E-state index is 12.3. The summed E-state index contributed by atoms with van der Waals surface area (Å²) in [6.45, 7) is 4.47. The van der Waals surface area contributed by atoms with Crippen LogP contribution in [0.2, 0.25) is 0 Å². The van der Waals surface area contributed by atoms with Gasteiger partial charge in [0.1, 0.15) is 11.5 Å². The van der Waals surface area contributed by atoms with Gasteiger partial charge in [0.05, 0.1) is 20.8 Å². The van der Waals surface area contributed by atoms with E-state index in [0.29, 0.717) is 0 Å². The molecule has 0 radical (unpaired) electrons. The number of aryl methyl sites for hydroxylation is 1. The number of carbonyl (C=O) groups excluding carboxylic acids is 1. The maximum Gasteiger partial charge on any atom is 0.228 e. The number of hydrogen-bond acceptors (Lipinski definition) is 4. The molecule has 2 heterocycles. The molecule has 0 saturated carbocycles. The fourth-order valence-electron chi connectivity index (χ4n) is 4.40. The van der Waals surface area contributed by atoms with Crippen molar-refractivity contribution in [2.24, 2.45) is 0 Å². The molecule has 5 nitrogen and oxygen atoms in total. The number of carbonyl (C=O) groups is 1. The van der Waals surface area contributed by atoms with Gasteiger partial charge in [0.15, 0.2) is 18.2 Å². The highest BCUT2D eigenvalue weighted by atomic mass is 32.1. The number of anilines is 1. The lowest BCUT2D eigenvalue weighted by Gasteiger charge is -2.32. The number of quaternary nitrogens is 1. The van der Waals surface area contributed by atoms with Gasteiger partial charge in [-0.05, 0) is 48.9 Å². The molecule has 1 aromatic heterocycles. The van der Waals surface area contributed by atoms with Crippen molar-refractivity contribution in [1.29, 1.82) is 0 Å². The Morgan fingerprint density at radius 1 is 1.14 bits per heavy atom. The SMILES string of the molecule is COc1ccc(CC[NH+]2Cc3c(sc4c3CCCC4)N(C(C)=O)C2)cc1OC. The van der Waals surface area contributed by atoms with Gasteiger partial charge in [0.2, 0.25) is 5.91 Å². The molecule has 1 amide bonds. The molecule has 1 aromatic carbocycles. The van der Waals surface area contributed by atoms with Crippen LogP contribution >= 0.6 is 11.3 Å². The number of rotatable bonds is 5. The second-order valence-corrected chi connectivity index (χ2v) is 8.80.